The van der Waals surface area contributed by atoms with Gasteiger partial charge in [0, 0.05) is 29.9 Å². The van der Waals surface area contributed by atoms with Gasteiger partial charge in [0.05, 0.1) is 17.6 Å². The molecule has 0 saturated carbocycles. The van der Waals surface area contributed by atoms with Crippen LogP contribution in [0.5, 0.6) is 0 Å². The van der Waals surface area contributed by atoms with Crippen molar-refractivity contribution in [1.29, 1.82) is 0 Å². The summed E-state index contributed by atoms with van der Waals surface area (Å²) in [7, 11) is 0. The van der Waals surface area contributed by atoms with E-state index in [1.807, 2.05) is 24.4 Å². The fourth-order valence-corrected chi connectivity index (χ4v) is 3.37. The smallest absolute Gasteiger partial charge is 0.139 e. The second-order valence-corrected chi connectivity index (χ2v) is 6.34. The van der Waals surface area contributed by atoms with E-state index in [1.54, 1.807) is 12.4 Å². The van der Waals surface area contributed by atoms with Gasteiger partial charge in [0.15, 0.2) is 0 Å². The predicted octanol–water partition coefficient (Wildman–Crippen LogP) is 4.38. The first kappa shape index (κ1) is 14.8. The summed E-state index contributed by atoms with van der Waals surface area (Å²) in [5.41, 5.74) is 6.27. The van der Waals surface area contributed by atoms with Gasteiger partial charge in [-0.2, -0.15) is 0 Å². The van der Waals surface area contributed by atoms with Gasteiger partial charge in [-0.15, -0.1) is 0 Å². The number of hydrogen-bond donors (Lipinski definition) is 2. The molecular weight excluding hydrogens is 322 g/mol. The van der Waals surface area contributed by atoms with Crippen molar-refractivity contribution in [3.63, 3.8) is 0 Å². The topological polar surface area (TPSA) is 66.5 Å². The molecule has 0 atom stereocenters. The Labute approximate surface area is 151 Å². The number of imidazole rings is 1. The van der Waals surface area contributed by atoms with E-state index in [4.69, 9.17) is 4.98 Å². The van der Waals surface area contributed by atoms with Crippen molar-refractivity contribution in [2.75, 3.05) is 5.32 Å². The molecule has 1 aromatic carbocycles. The SMILES string of the molecule is c1ccc(CCc2nc3c([nH]2)-c2ccncc2Nc2ncccc2-3)cc1. The van der Waals surface area contributed by atoms with Crippen molar-refractivity contribution < 1.29 is 0 Å². The number of nitrogens with one attached hydrogen (secondary N) is 2. The highest BCUT2D eigenvalue weighted by molar-refractivity contribution is 5.94. The van der Waals surface area contributed by atoms with Crippen LogP contribution in [0.25, 0.3) is 22.5 Å². The zero-order valence-corrected chi connectivity index (χ0v) is 14.1. The van der Waals surface area contributed by atoms with Crippen LogP contribution in [0.15, 0.2) is 67.1 Å². The first-order valence-electron chi connectivity index (χ1n) is 8.68. The Morgan fingerprint density at radius 3 is 2.69 bits per heavy atom. The molecular formula is C21H17N5. The number of hydrogen-bond acceptors (Lipinski definition) is 4. The highest BCUT2D eigenvalue weighted by atomic mass is 15.0. The Morgan fingerprint density at radius 2 is 1.77 bits per heavy atom. The molecule has 0 fully saturated rings. The molecule has 0 unspecified atom stereocenters. The molecule has 0 aliphatic carbocycles. The summed E-state index contributed by atoms with van der Waals surface area (Å²) in [5.74, 6) is 1.79. The zero-order chi connectivity index (χ0) is 17.3. The molecule has 0 bridgehead atoms. The fourth-order valence-electron chi connectivity index (χ4n) is 3.37. The molecule has 5 rings (SSSR count). The van der Waals surface area contributed by atoms with Crippen LogP contribution in [-0.4, -0.2) is 19.9 Å². The van der Waals surface area contributed by atoms with Crippen molar-refractivity contribution in [2.45, 2.75) is 12.8 Å². The monoisotopic (exact) mass is 339 g/mol. The number of aromatic amines is 1. The average molecular weight is 339 g/mol. The number of anilines is 2. The molecule has 126 valence electrons. The third-order valence-electron chi connectivity index (χ3n) is 4.65. The van der Waals surface area contributed by atoms with Gasteiger partial charge in [-0.3, -0.25) is 4.98 Å². The normalized spacial score (nSPS) is 11.7. The van der Waals surface area contributed by atoms with E-state index in [2.05, 4.69) is 50.6 Å². The number of nitrogens with zero attached hydrogens (tertiary/aromatic N) is 3. The number of H-pyrrole nitrogens is 1. The van der Waals surface area contributed by atoms with E-state index in [0.29, 0.717) is 0 Å². The van der Waals surface area contributed by atoms with Gasteiger partial charge in [0.25, 0.3) is 0 Å². The van der Waals surface area contributed by atoms with Gasteiger partial charge >= 0.3 is 0 Å². The van der Waals surface area contributed by atoms with Crippen LogP contribution in [-0.2, 0) is 12.8 Å². The Bertz CT molecular complexity index is 1010. The maximum atomic E-state index is 4.91. The second kappa shape index (κ2) is 6.11. The average Bonchev–Trinajstić information content (AvgIpc) is 3.07. The number of fused-ring (bicyclic) bond motifs is 5. The number of aromatic nitrogens is 4. The summed E-state index contributed by atoms with van der Waals surface area (Å²) in [6.45, 7) is 0. The van der Waals surface area contributed by atoms with Gasteiger partial charge in [-0.25, -0.2) is 9.97 Å². The molecule has 0 spiro atoms. The quantitative estimate of drug-likeness (QED) is 0.512. The molecule has 0 radical (unpaired) electrons. The highest BCUT2D eigenvalue weighted by Crippen LogP contribution is 2.41. The lowest BCUT2D eigenvalue weighted by Gasteiger charge is -2.07. The number of rotatable bonds is 3. The van der Waals surface area contributed by atoms with E-state index in [1.165, 1.54) is 5.56 Å². The third-order valence-corrected chi connectivity index (χ3v) is 4.65. The summed E-state index contributed by atoms with van der Waals surface area (Å²) in [6.07, 6.45) is 7.23. The number of pyridine rings is 2. The van der Waals surface area contributed by atoms with E-state index in [0.717, 1.165) is 52.7 Å². The summed E-state index contributed by atoms with van der Waals surface area (Å²) < 4.78 is 0. The van der Waals surface area contributed by atoms with E-state index in [-0.39, 0.29) is 0 Å². The first-order chi connectivity index (χ1) is 12.9. The molecule has 1 aliphatic heterocycles. The minimum atomic E-state index is 0.807. The van der Waals surface area contributed by atoms with Crippen LogP contribution in [0.1, 0.15) is 11.4 Å². The van der Waals surface area contributed by atoms with E-state index in [9.17, 15) is 0 Å². The molecule has 4 heterocycles. The van der Waals surface area contributed by atoms with Crippen molar-refractivity contribution in [1.82, 2.24) is 19.9 Å². The molecule has 3 aromatic heterocycles. The first-order valence-corrected chi connectivity index (χ1v) is 8.68. The van der Waals surface area contributed by atoms with Crippen LogP contribution in [0.4, 0.5) is 11.5 Å². The second-order valence-electron chi connectivity index (χ2n) is 6.34. The molecule has 26 heavy (non-hydrogen) atoms. The molecule has 5 heteroatoms. The van der Waals surface area contributed by atoms with Gasteiger partial charge in [-0.05, 0) is 30.2 Å². The van der Waals surface area contributed by atoms with Crippen molar-refractivity contribution >= 4 is 11.5 Å². The van der Waals surface area contributed by atoms with Gasteiger partial charge in [0.1, 0.15) is 17.3 Å². The summed E-state index contributed by atoms with van der Waals surface area (Å²) in [6, 6.07) is 16.5. The molecule has 2 N–H and O–H groups in total. The zero-order valence-electron chi connectivity index (χ0n) is 14.1. The minimum Gasteiger partial charge on any atom is -0.341 e. The van der Waals surface area contributed by atoms with Crippen LogP contribution >= 0.6 is 0 Å². The van der Waals surface area contributed by atoms with Crippen LogP contribution in [0.2, 0.25) is 0 Å². The number of aryl methyl sites for hydroxylation is 2. The largest absolute Gasteiger partial charge is 0.341 e. The maximum Gasteiger partial charge on any atom is 0.139 e. The lowest BCUT2D eigenvalue weighted by molar-refractivity contribution is 0.885. The lowest BCUT2D eigenvalue weighted by atomic mass is 10.1. The Balaban J connectivity index is 1.59. The highest BCUT2D eigenvalue weighted by Gasteiger charge is 2.23. The van der Waals surface area contributed by atoms with Crippen molar-refractivity contribution in [2.24, 2.45) is 0 Å². The third kappa shape index (κ3) is 2.54. The van der Waals surface area contributed by atoms with Crippen LogP contribution in [0.3, 0.4) is 0 Å². The summed E-state index contributed by atoms with van der Waals surface area (Å²) in [5, 5.41) is 3.38. The van der Waals surface area contributed by atoms with Crippen LogP contribution < -0.4 is 5.32 Å². The lowest BCUT2D eigenvalue weighted by Crippen LogP contribution is -1.97. The standard InChI is InChI=1S/C21H17N5/c1-2-5-14(6-3-1)8-9-18-25-19-15-10-12-22-13-17(15)24-21-16(20(19)26-18)7-4-11-23-21/h1-7,10-13H,8-9H2,(H,23,24)(H,25,26). The maximum absolute atomic E-state index is 4.91. The predicted molar refractivity (Wildman–Crippen MR) is 102 cm³/mol. The summed E-state index contributed by atoms with van der Waals surface area (Å²) >= 11 is 0. The Hall–Kier alpha value is -3.47. The van der Waals surface area contributed by atoms with Crippen molar-refractivity contribution in [3.05, 3.63) is 78.5 Å². The fraction of sp³-hybridized carbons (Fsp3) is 0.0952. The van der Waals surface area contributed by atoms with Gasteiger partial charge in [-0.1, -0.05) is 30.3 Å². The van der Waals surface area contributed by atoms with E-state index < -0.39 is 0 Å². The Morgan fingerprint density at radius 1 is 0.846 bits per heavy atom. The molecule has 5 nitrogen and oxygen atoms in total. The van der Waals surface area contributed by atoms with Gasteiger partial charge in [0.2, 0.25) is 0 Å². The number of benzene rings is 1. The van der Waals surface area contributed by atoms with Crippen molar-refractivity contribution in [3.8, 4) is 22.5 Å². The summed E-state index contributed by atoms with van der Waals surface area (Å²) in [4.78, 5) is 17.2. The molecule has 0 amide bonds. The van der Waals surface area contributed by atoms with Crippen LogP contribution in [0, 0.1) is 0 Å². The minimum absolute atomic E-state index is 0.807. The molecule has 1 aliphatic rings. The molecule has 0 saturated heterocycles. The van der Waals surface area contributed by atoms with E-state index >= 15 is 0 Å². The Kier molecular flexibility index (Phi) is 3.49. The van der Waals surface area contributed by atoms with Gasteiger partial charge < -0.3 is 10.3 Å². The molecule has 4 aromatic rings.